The smallest absolute Gasteiger partial charge is 0.311 e. The highest BCUT2D eigenvalue weighted by atomic mass is 32.2. The van der Waals surface area contributed by atoms with Crippen molar-refractivity contribution in [1.29, 1.82) is 0 Å². The molecule has 3 heterocycles. The number of hydrogen-bond donors (Lipinski definition) is 1. The fourth-order valence-corrected chi connectivity index (χ4v) is 9.90. The minimum absolute atomic E-state index is 0.0449. The number of rotatable bonds is 12. The molecule has 0 radical (unpaired) electrons. The average Bonchev–Trinajstić information content (AvgIpc) is 3.55. The number of nitrogens with zero attached hydrogens (tertiary/aromatic N) is 2. The van der Waals surface area contributed by atoms with Gasteiger partial charge in [-0.2, -0.15) is 0 Å². The number of esters is 1. The van der Waals surface area contributed by atoms with E-state index in [4.69, 9.17) is 4.74 Å². The summed E-state index contributed by atoms with van der Waals surface area (Å²) >= 11 is 1.61. The van der Waals surface area contributed by atoms with Crippen LogP contribution in [0.25, 0.3) is 0 Å². The van der Waals surface area contributed by atoms with Gasteiger partial charge in [0.25, 0.3) is 0 Å². The Hall–Kier alpha value is -2.58. The van der Waals surface area contributed by atoms with Crippen LogP contribution in [0.5, 0.6) is 0 Å². The van der Waals surface area contributed by atoms with Crippen LogP contribution in [0.1, 0.15) is 59.4 Å². The number of thioether (sulfide) groups is 1. The van der Waals surface area contributed by atoms with Crippen molar-refractivity contribution >= 4 is 29.5 Å². The molecule has 3 aliphatic heterocycles. The normalized spacial score (nSPS) is 27.9. The number of fused-ring (bicyclic) bond motifs is 1. The molecule has 1 aromatic rings. The summed E-state index contributed by atoms with van der Waals surface area (Å²) in [7, 11) is 0. The van der Waals surface area contributed by atoms with Crippen LogP contribution in [0, 0.1) is 17.3 Å². The summed E-state index contributed by atoms with van der Waals surface area (Å²) in [6.07, 6.45) is 5.80. The van der Waals surface area contributed by atoms with Crippen LogP contribution in [0.15, 0.2) is 55.6 Å². The zero-order chi connectivity index (χ0) is 30.2. The summed E-state index contributed by atoms with van der Waals surface area (Å²) in [5.41, 5.74) is 0.400. The van der Waals surface area contributed by atoms with E-state index in [1.54, 1.807) is 22.7 Å². The first-order valence-corrected chi connectivity index (χ1v) is 15.5. The standard InChI is InChI=1S/C33H46N2O5S/c1-8-17-34(32(6,7)21-31(3,4)5)29(38)27-33-16-15-24(41-33)25(30(39)40-18-9-2)26(33)28(37)35(27)23(20-36)19-22-13-11-10-12-14-22/h8-14,23-27,36H,1-2,15-21H2,3-7H3/t23-,24+,25-,26+,27?,33?/m1/s1. The molecule has 1 spiro atoms. The Morgan fingerprint density at radius 1 is 1.20 bits per heavy atom. The van der Waals surface area contributed by atoms with Crippen molar-refractivity contribution in [3.63, 3.8) is 0 Å². The van der Waals surface area contributed by atoms with E-state index in [2.05, 4.69) is 47.8 Å². The molecule has 3 fully saturated rings. The molecular weight excluding hydrogens is 536 g/mol. The molecule has 3 aliphatic rings. The predicted octanol–water partition coefficient (Wildman–Crippen LogP) is 4.64. The third-order valence-electron chi connectivity index (χ3n) is 8.78. The molecule has 2 unspecified atom stereocenters. The van der Waals surface area contributed by atoms with Gasteiger partial charge in [0.15, 0.2) is 0 Å². The van der Waals surface area contributed by atoms with E-state index in [1.165, 1.54) is 6.08 Å². The van der Waals surface area contributed by atoms with Gasteiger partial charge < -0.3 is 19.6 Å². The number of carbonyl (C=O) groups excluding carboxylic acids is 3. The summed E-state index contributed by atoms with van der Waals surface area (Å²) in [5.74, 6) is -2.10. The van der Waals surface area contributed by atoms with E-state index >= 15 is 0 Å². The lowest BCUT2D eigenvalue weighted by atomic mass is 9.71. The molecule has 0 saturated carbocycles. The van der Waals surface area contributed by atoms with Crippen LogP contribution >= 0.6 is 11.8 Å². The van der Waals surface area contributed by atoms with Gasteiger partial charge in [-0.25, -0.2) is 0 Å². The Kier molecular flexibility index (Phi) is 9.15. The van der Waals surface area contributed by atoms with E-state index in [0.29, 0.717) is 19.4 Å². The number of aliphatic hydroxyl groups is 1. The lowest BCUT2D eigenvalue weighted by molar-refractivity contribution is -0.153. The highest BCUT2D eigenvalue weighted by molar-refractivity contribution is 8.02. The topological polar surface area (TPSA) is 87.2 Å². The van der Waals surface area contributed by atoms with Crippen LogP contribution in [0.2, 0.25) is 0 Å². The Labute approximate surface area is 249 Å². The number of amides is 2. The van der Waals surface area contributed by atoms with Crippen molar-refractivity contribution in [2.24, 2.45) is 17.3 Å². The lowest BCUT2D eigenvalue weighted by Crippen LogP contribution is -2.61. The van der Waals surface area contributed by atoms with Gasteiger partial charge in [0.05, 0.1) is 29.2 Å². The molecule has 0 aliphatic carbocycles. The highest BCUT2D eigenvalue weighted by Gasteiger charge is 2.75. The molecule has 0 aromatic heterocycles. The minimum Gasteiger partial charge on any atom is -0.461 e. The maximum Gasteiger partial charge on any atom is 0.311 e. The Morgan fingerprint density at radius 2 is 1.88 bits per heavy atom. The molecule has 224 valence electrons. The average molecular weight is 583 g/mol. The lowest BCUT2D eigenvalue weighted by Gasteiger charge is -2.46. The Balaban J connectivity index is 1.81. The van der Waals surface area contributed by atoms with E-state index in [0.717, 1.165) is 18.4 Å². The first-order chi connectivity index (χ1) is 19.3. The molecule has 7 nitrogen and oxygen atoms in total. The predicted molar refractivity (Wildman–Crippen MR) is 163 cm³/mol. The van der Waals surface area contributed by atoms with Crippen molar-refractivity contribution in [2.45, 2.75) is 87.9 Å². The monoisotopic (exact) mass is 582 g/mol. The molecule has 3 saturated heterocycles. The molecule has 4 rings (SSSR count). The van der Waals surface area contributed by atoms with Gasteiger partial charge in [-0.05, 0) is 50.5 Å². The summed E-state index contributed by atoms with van der Waals surface area (Å²) in [6.45, 7) is 18.3. The van der Waals surface area contributed by atoms with Gasteiger partial charge in [0.1, 0.15) is 12.6 Å². The quantitative estimate of drug-likeness (QED) is 0.286. The number of aliphatic hydroxyl groups excluding tert-OH is 1. The zero-order valence-corrected chi connectivity index (χ0v) is 26.0. The Bertz CT molecular complexity index is 1160. The third-order valence-corrected chi connectivity index (χ3v) is 10.7. The number of benzene rings is 1. The highest BCUT2D eigenvalue weighted by Crippen LogP contribution is 2.67. The zero-order valence-electron chi connectivity index (χ0n) is 25.2. The largest absolute Gasteiger partial charge is 0.461 e. The first kappa shape index (κ1) is 31.4. The van der Waals surface area contributed by atoms with Crippen LogP contribution in [0.3, 0.4) is 0 Å². The van der Waals surface area contributed by atoms with Crippen molar-refractivity contribution in [3.8, 4) is 0 Å². The molecule has 1 aromatic carbocycles. The maximum absolute atomic E-state index is 14.9. The van der Waals surface area contributed by atoms with Gasteiger partial charge in [-0.15, -0.1) is 18.3 Å². The molecule has 2 bridgehead atoms. The SMILES string of the molecule is C=CCOC(=O)[C@@H]1[C@@H]2CCC3(S2)C(C(=O)N(CC=C)C(C)(C)CC(C)(C)C)N([C@@H](CO)Cc2ccccc2)C(=O)[C@H]13. The summed E-state index contributed by atoms with van der Waals surface area (Å²) in [4.78, 5) is 46.3. The second-order valence-corrected chi connectivity index (χ2v) is 15.1. The van der Waals surface area contributed by atoms with Crippen LogP contribution in [0.4, 0.5) is 0 Å². The van der Waals surface area contributed by atoms with E-state index < -0.39 is 40.2 Å². The number of carbonyl (C=O) groups is 3. The fraction of sp³-hybridized carbons (Fsp3) is 0.606. The van der Waals surface area contributed by atoms with Gasteiger partial charge in [0, 0.05) is 17.3 Å². The summed E-state index contributed by atoms with van der Waals surface area (Å²) in [6, 6.07) is 8.28. The van der Waals surface area contributed by atoms with Gasteiger partial charge in [-0.1, -0.05) is 69.8 Å². The van der Waals surface area contributed by atoms with E-state index in [9.17, 15) is 19.5 Å². The molecular formula is C33H46N2O5S. The van der Waals surface area contributed by atoms with Crippen molar-refractivity contribution in [3.05, 3.63) is 61.2 Å². The first-order valence-electron chi connectivity index (χ1n) is 14.7. The summed E-state index contributed by atoms with van der Waals surface area (Å²) in [5, 5.41) is 10.6. The van der Waals surface area contributed by atoms with Crippen molar-refractivity contribution < 1.29 is 24.2 Å². The van der Waals surface area contributed by atoms with Crippen molar-refractivity contribution in [1.82, 2.24) is 9.80 Å². The fourth-order valence-electron chi connectivity index (χ4n) is 7.71. The second kappa shape index (κ2) is 12.0. The van der Waals surface area contributed by atoms with Gasteiger partial charge >= 0.3 is 5.97 Å². The number of likely N-dealkylation sites (tertiary alicyclic amines) is 1. The summed E-state index contributed by atoms with van der Waals surface area (Å²) < 4.78 is 4.72. The molecule has 41 heavy (non-hydrogen) atoms. The number of ether oxygens (including phenoxy) is 1. The van der Waals surface area contributed by atoms with E-state index in [1.807, 2.05) is 35.2 Å². The molecule has 2 amide bonds. The third kappa shape index (κ3) is 5.87. The maximum atomic E-state index is 14.9. The van der Waals surface area contributed by atoms with Gasteiger partial charge in [-0.3, -0.25) is 14.4 Å². The van der Waals surface area contributed by atoms with Crippen molar-refractivity contribution in [2.75, 3.05) is 19.8 Å². The molecule has 8 heteroatoms. The number of hydrogen-bond acceptors (Lipinski definition) is 6. The van der Waals surface area contributed by atoms with Crippen LogP contribution < -0.4 is 0 Å². The Morgan fingerprint density at radius 3 is 2.46 bits per heavy atom. The molecule has 1 N–H and O–H groups in total. The second-order valence-electron chi connectivity index (χ2n) is 13.5. The molecule has 6 atom stereocenters. The van der Waals surface area contributed by atoms with Crippen LogP contribution in [-0.4, -0.2) is 80.1 Å². The van der Waals surface area contributed by atoms with E-state index in [-0.39, 0.29) is 35.7 Å². The van der Waals surface area contributed by atoms with Gasteiger partial charge in [0.2, 0.25) is 11.8 Å². The minimum atomic E-state index is -0.813. The van der Waals surface area contributed by atoms with Crippen LogP contribution in [-0.2, 0) is 25.5 Å².